The first-order valence-electron chi connectivity index (χ1n) is 14.1. The van der Waals surface area contributed by atoms with Crippen molar-refractivity contribution in [3.8, 4) is 17.3 Å². The molecule has 0 aliphatic carbocycles. The van der Waals surface area contributed by atoms with Crippen molar-refractivity contribution < 1.29 is 10.2 Å². The number of nitriles is 1. The van der Waals surface area contributed by atoms with Gasteiger partial charge < -0.3 is 30.2 Å². The van der Waals surface area contributed by atoms with E-state index in [1.807, 2.05) is 60.6 Å². The Kier molecular flexibility index (Phi) is 7.59. The maximum absolute atomic E-state index is 10.1. The maximum Gasteiger partial charge on any atom is 0.227 e. The van der Waals surface area contributed by atoms with E-state index in [-0.39, 0.29) is 12.2 Å². The molecule has 1 aromatic heterocycles. The minimum atomic E-state index is -0.303. The molecule has 41 heavy (non-hydrogen) atoms. The van der Waals surface area contributed by atoms with Crippen LogP contribution in [-0.4, -0.2) is 88.0 Å². The Hall–Kier alpha value is -4.40. The van der Waals surface area contributed by atoms with Gasteiger partial charge in [-0.2, -0.15) is 5.26 Å². The Bertz CT molecular complexity index is 1450. The normalized spacial score (nSPS) is 19.8. The monoisotopic (exact) mass is 553 g/mol. The van der Waals surface area contributed by atoms with Crippen molar-refractivity contribution in [2.75, 3.05) is 55.1 Å². The van der Waals surface area contributed by atoms with Gasteiger partial charge in [-0.05, 0) is 68.1 Å². The molecule has 2 fully saturated rings. The van der Waals surface area contributed by atoms with Crippen LogP contribution in [0.1, 0.15) is 31.2 Å². The second kappa shape index (κ2) is 11.6. The highest BCUT2D eigenvalue weighted by Crippen LogP contribution is 2.29. The Morgan fingerprint density at radius 2 is 1.76 bits per heavy atom. The zero-order chi connectivity index (χ0) is 28.3. The number of piperidine rings is 2. The largest absolute Gasteiger partial charge is 0.393 e. The van der Waals surface area contributed by atoms with Gasteiger partial charge in [-0.1, -0.05) is 6.07 Å². The van der Waals surface area contributed by atoms with Crippen molar-refractivity contribution in [1.82, 2.24) is 19.8 Å². The van der Waals surface area contributed by atoms with Gasteiger partial charge in [-0.3, -0.25) is 0 Å². The Labute approximate surface area is 240 Å². The van der Waals surface area contributed by atoms with E-state index in [0.29, 0.717) is 37.6 Å². The van der Waals surface area contributed by atoms with E-state index >= 15 is 0 Å². The lowest BCUT2D eigenvalue weighted by Gasteiger charge is -2.33. The molecule has 0 spiro atoms. The number of benzene rings is 2. The van der Waals surface area contributed by atoms with E-state index in [0.717, 1.165) is 66.8 Å². The van der Waals surface area contributed by atoms with Gasteiger partial charge in [0.1, 0.15) is 12.7 Å². The highest BCUT2D eigenvalue weighted by Gasteiger charge is 2.29. The Balaban J connectivity index is 1.14. The SMILES string of the molecule is CN1CN(c2ccc(Nc3nccc(-c4ccc(N5CCC(O)CC5)c(C#N)c4)n3)cc2)N=C1N1CCCC(O)C1. The first-order chi connectivity index (χ1) is 20.0. The van der Waals surface area contributed by atoms with Crippen LogP contribution in [0.2, 0.25) is 0 Å². The van der Waals surface area contributed by atoms with E-state index in [4.69, 9.17) is 10.1 Å². The summed E-state index contributed by atoms with van der Waals surface area (Å²) in [5, 5.41) is 39.8. The van der Waals surface area contributed by atoms with Crippen LogP contribution < -0.4 is 15.2 Å². The molecule has 0 saturated carbocycles. The summed E-state index contributed by atoms with van der Waals surface area (Å²) in [5.74, 6) is 1.35. The molecule has 3 N–H and O–H groups in total. The number of aliphatic hydroxyl groups is 2. The number of aliphatic hydroxyl groups excluding tert-OH is 2. The number of hydrazone groups is 1. The van der Waals surface area contributed by atoms with Crippen LogP contribution in [0.4, 0.5) is 23.0 Å². The second-order valence-electron chi connectivity index (χ2n) is 10.9. The molecule has 1 atom stereocenters. The third-order valence-electron chi connectivity index (χ3n) is 7.87. The van der Waals surface area contributed by atoms with Crippen LogP contribution in [-0.2, 0) is 0 Å². The molecule has 6 rings (SSSR count). The first kappa shape index (κ1) is 26.8. The van der Waals surface area contributed by atoms with Crippen molar-refractivity contribution in [3.63, 3.8) is 0 Å². The van der Waals surface area contributed by atoms with Gasteiger partial charge in [-0.15, -0.1) is 5.10 Å². The van der Waals surface area contributed by atoms with Crippen LogP contribution in [0, 0.1) is 11.3 Å². The van der Waals surface area contributed by atoms with Crippen LogP contribution >= 0.6 is 0 Å². The third kappa shape index (κ3) is 5.89. The van der Waals surface area contributed by atoms with Gasteiger partial charge in [0.15, 0.2) is 0 Å². The molecule has 2 saturated heterocycles. The summed E-state index contributed by atoms with van der Waals surface area (Å²) in [6, 6.07) is 17.9. The predicted molar refractivity (Wildman–Crippen MR) is 159 cm³/mol. The van der Waals surface area contributed by atoms with Gasteiger partial charge >= 0.3 is 0 Å². The zero-order valence-corrected chi connectivity index (χ0v) is 23.2. The fourth-order valence-corrected chi connectivity index (χ4v) is 5.65. The van der Waals surface area contributed by atoms with Crippen molar-refractivity contribution in [1.29, 1.82) is 5.26 Å². The zero-order valence-electron chi connectivity index (χ0n) is 23.2. The molecule has 0 amide bonds. The average molecular weight is 554 g/mol. The quantitative estimate of drug-likeness (QED) is 0.434. The average Bonchev–Trinajstić information content (AvgIpc) is 3.39. The summed E-state index contributed by atoms with van der Waals surface area (Å²) in [4.78, 5) is 15.5. The molecule has 3 aromatic rings. The fourth-order valence-electron chi connectivity index (χ4n) is 5.65. The first-order valence-corrected chi connectivity index (χ1v) is 14.1. The smallest absolute Gasteiger partial charge is 0.227 e. The predicted octanol–water partition coefficient (Wildman–Crippen LogP) is 3.16. The third-order valence-corrected chi connectivity index (χ3v) is 7.87. The van der Waals surface area contributed by atoms with Gasteiger partial charge in [-0.25, -0.2) is 15.0 Å². The van der Waals surface area contributed by atoms with Gasteiger partial charge in [0.2, 0.25) is 11.9 Å². The minimum Gasteiger partial charge on any atom is -0.393 e. The van der Waals surface area contributed by atoms with Crippen LogP contribution in [0.25, 0.3) is 11.3 Å². The van der Waals surface area contributed by atoms with Crippen molar-refractivity contribution >= 4 is 29.0 Å². The summed E-state index contributed by atoms with van der Waals surface area (Å²) in [7, 11) is 2.02. The van der Waals surface area contributed by atoms with E-state index in [2.05, 4.69) is 31.1 Å². The molecule has 1 unspecified atom stereocenters. The number of rotatable bonds is 5. The molecule has 212 valence electrons. The number of hydrogen-bond acceptors (Lipinski definition) is 11. The summed E-state index contributed by atoms with van der Waals surface area (Å²) in [6.07, 6.45) is 4.37. The number of anilines is 4. The molecule has 3 aliphatic heterocycles. The highest BCUT2D eigenvalue weighted by molar-refractivity contribution is 5.83. The molecule has 3 aliphatic rings. The summed E-state index contributed by atoms with van der Waals surface area (Å²) in [6.45, 7) is 3.63. The lowest BCUT2D eigenvalue weighted by molar-refractivity contribution is 0.0985. The van der Waals surface area contributed by atoms with Gasteiger partial charge in [0, 0.05) is 50.7 Å². The van der Waals surface area contributed by atoms with Crippen LogP contribution in [0.3, 0.4) is 0 Å². The van der Waals surface area contributed by atoms with Crippen molar-refractivity contribution in [2.45, 2.75) is 37.9 Å². The standard InChI is InChI=1S/C30H35N9O2/c1-36-20-39(35-30(36)38-14-2-3-26(41)19-38)24-7-5-23(6-8-24)33-29-32-13-10-27(34-29)21-4-9-28(22(17-21)18-31)37-15-11-25(40)12-16-37/h4-10,13,17,25-26,40-41H,2-3,11-12,14-16,19-20H2,1H3,(H,32,33,34). The molecule has 11 heteroatoms. The number of aromatic nitrogens is 2. The minimum absolute atomic E-state index is 0.261. The second-order valence-corrected chi connectivity index (χ2v) is 10.9. The number of nitrogens with one attached hydrogen (secondary N) is 1. The number of likely N-dealkylation sites (tertiary alicyclic amines) is 1. The fraction of sp³-hybridized carbons (Fsp3) is 0.400. The van der Waals surface area contributed by atoms with Gasteiger partial charge in [0.05, 0.1) is 34.8 Å². The van der Waals surface area contributed by atoms with E-state index in [9.17, 15) is 15.5 Å². The van der Waals surface area contributed by atoms with E-state index < -0.39 is 0 Å². The number of nitrogens with zero attached hydrogens (tertiary/aromatic N) is 8. The van der Waals surface area contributed by atoms with E-state index in [1.54, 1.807) is 6.20 Å². The molecule has 11 nitrogen and oxygen atoms in total. The summed E-state index contributed by atoms with van der Waals surface area (Å²) in [5.41, 5.74) is 4.87. The Morgan fingerprint density at radius 3 is 2.51 bits per heavy atom. The van der Waals surface area contributed by atoms with Gasteiger partial charge in [0.25, 0.3) is 0 Å². The van der Waals surface area contributed by atoms with E-state index in [1.165, 1.54) is 0 Å². The molecule has 0 radical (unpaired) electrons. The lowest BCUT2D eigenvalue weighted by Crippen LogP contribution is -2.47. The number of guanidine groups is 1. The van der Waals surface area contributed by atoms with Crippen molar-refractivity contribution in [2.24, 2.45) is 5.10 Å². The highest BCUT2D eigenvalue weighted by atomic mass is 16.3. The maximum atomic E-state index is 10.1. The Morgan fingerprint density at radius 1 is 0.951 bits per heavy atom. The molecular formula is C30H35N9O2. The summed E-state index contributed by atoms with van der Waals surface area (Å²) >= 11 is 0. The molecule has 2 aromatic carbocycles. The number of hydrogen-bond donors (Lipinski definition) is 3. The topological polar surface area (TPSA) is 127 Å². The van der Waals surface area contributed by atoms with Crippen LogP contribution in [0.15, 0.2) is 59.8 Å². The van der Waals surface area contributed by atoms with Crippen molar-refractivity contribution in [3.05, 3.63) is 60.3 Å². The molecular weight excluding hydrogens is 518 g/mol. The van der Waals surface area contributed by atoms with Crippen LogP contribution in [0.5, 0.6) is 0 Å². The lowest BCUT2D eigenvalue weighted by atomic mass is 10.0. The number of β-amino-alcohol motifs (C(OH)–C–C–N with tert-alkyl or cyclic N) is 1. The molecule has 0 bridgehead atoms. The molecule has 4 heterocycles. The summed E-state index contributed by atoms with van der Waals surface area (Å²) < 4.78 is 0.